The van der Waals surface area contributed by atoms with Gasteiger partial charge in [0.05, 0.1) is 5.75 Å². The van der Waals surface area contributed by atoms with Crippen LogP contribution in [0.4, 0.5) is 5.69 Å². The van der Waals surface area contributed by atoms with Gasteiger partial charge in [-0.25, -0.2) is 0 Å². The zero-order chi connectivity index (χ0) is 17.8. The first-order chi connectivity index (χ1) is 12.0. The average molecular weight is 359 g/mol. The lowest BCUT2D eigenvalue weighted by Gasteiger charge is -2.24. The molecule has 2 aromatic rings. The van der Waals surface area contributed by atoms with Gasteiger partial charge in [0, 0.05) is 11.7 Å². The number of thioether (sulfide) groups is 1. The van der Waals surface area contributed by atoms with Gasteiger partial charge >= 0.3 is 0 Å². The highest BCUT2D eigenvalue weighted by Crippen LogP contribution is 2.32. The Morgan fingerprint density at radius 3 is 2.48 bits per heavy atom. The van der Waals surface area contributed by atoms with Crippen LogP contribution in [0.1, 0.15) is 55.1 Å². The van der Waals surface area contributed by atoms with E-state index in [2.05, 4.69) is 26.1 Å². The summed E-state index contributed by atoms with van der Waals surface area (Å²) in [5, 5.41) is 12.4. The number of nitrogens with one attached hydrogen (secondary N) is 1. The van der Waals surface area contributed by atoms with Gasteiger partial charge < -0.3 is 9.88 Å². The molecule has 0 bridgehead atoms. The van der Waals surface area contributed by atoms with Crippen molar-refractivity contribution in [2.75, 3.05) is 11.1 Å². The maximum Gasteiger partial charge on any atom is 0.234 e. The molecule has 0 spiro atoms. The Labute approximate surface area is 153 Å². The minimum atomic E-state index is -0.00847. The molecule has 1 N–H and O–H groups in total. The minimum absolute atomic E-state index is 0.00847. The molecule has 5 nitrogen and oxygen atoms in total. The Hall–Kier alpha value is -1.82. The fourth-order valence-electron chi connectivity index (χ4n) is 3.58. The molecule has 1 amide bonds. The zero-order valence-corrected chi connectivity index (χ0v) is 16.0. The fraction of sp³-hybridized carbons (Fsp3) is 0.526. The number of carbonyl (C=O) groups excluding carboxylic acids is 1. The molecule has 1 aromatic carbocycles. The van der Waals surface area contributed by atoms with E-state index in [4.69, 9.17) is 0 Å². The van der Waals surface area contributed by atoms with Crippen LogP contribution in [0.5, 0.6) is 0 Å². The molecule has 1 aromatic heterocycles. The van der Waals surface area contributed by atoms with E-state index in [1.807, 2.05) is 32.9 Å². The number of hydrogen-bond acceptors (Lipinski definition) is 4. The Balaban J connectivity index is 1.62. The summed E-state index contributed by atoms with van der Waals surface area (Å²) in [6.45, 7) is 6.07. The van der Waals surface area contributed by atoms with Gasteiger partial charge in [-0.3, -0.25) is 4.79 Å². The van der Waals surface area contributed by atoms with E-state index in [-0.39, 0.29) is 5.91 Å². The third-order valence-electron chi connectivity index (χ3n) is 4.61. The van der Waals surface area contributed by atoms with Crippen LogP contribution in [0.15, 0.2) is 23.4 Å². The smallest absolute Gasteiger partial charge is 0.234 e. The monoisotopic (exact) mass is 358 g/mol. The van der Waals surface area contributed by atoms with E-state index < -0.39 is 0 Å². The molecule has 0 atom stereocenters. The molecule has 1 aliphatic carbocycles. The van der Waals surface area contributed by atoms with Crippen molar-refractivity contribution >= 4 is 23.4 Å². The Morgan fingerprint density at radius 2 is 1.80 bits per heavy atom. The summed E-state index contributed by atoms with van der Waals surface area (Å²) < 4.78 is 2.23. The number of carbonyl (C=O) groups is 1. The summed E-state index contributed by atoms with van der Waals surface area (Å²) in [5.74, 6) is 1.28. The molecule has 1 fully saturated rings. The summed E-state index contributed by atoms with van der Waals surface area (Å²) in [6, 6.07) is 6.56. The second-order valence-corrected chi connectivity index (χ2v) is 7.85. The van der Waals surface area contributed by atoms with Crippen molar-refractivity contribution < 1.29 is 4.79 Å². The molecular formula is C19H26N4OS. The SMILES string of the molecule is Cc1cc(C)cc(NC(=O)CSc2nnc(C)n2C2CCCCC2)c1. The molecule has 0 saturated heterocycles. The van der Waals surface area contributed by atoms with E-state index in [1.165, 1.54) is 43.9 Å². The molecule has 3 rings (SSSR count). The van der Waals surface area contributed by atoms with Gasteiger partial charge in [0.15, 0.2) is 5.16 Å². The molecule has 6 heteroatoms. The van der Waals surface area contributed by atoms with Crippen molar-refractivity contribution in [1.82, 2.24) is 14.8 Å². The van der Waals surface area contributed by atoms with Crippen LogP contribution in [-0.2, 0) is 4.79 Å². The number of aromatic nitrogens is 3. The van der Waals surface area contributed by atoms with Gasteiger partial charge in [-0.05, 0) is 56.9 Å². The summed E-state index contributed by atoms with van der Waals surface area (Å²) in [6.07, 6.45) is 6.21. The van der Waals surface area contributed by atoms with E-state index in [0.717, 1.165) is 27.8 Å². The highest BCUT2D eigenvalue weighted by molar-refractivity contribution is 7.99. The predicted molar refractivity (Wildman–Crippen MR) is 102 cm³/mol. The lowest BCUT2D eigenvalue weighted by atomic mass is 9.95. The lowest BCUT2D eigenvalue weighted by Crippen LogP contribution is -2.17. The summed E-state index contributed by atoms with van der Waals surface area (Å²) >= 11 is 1.47. The number of benzene rings is 1. The molecule has 0 aliphatic heterocycles. The largest absolute Gasteiger partial charge is 0.325 e. The summed E-state index contributed by atoms with van der Waals surface area (Å²) in [7, 11) is 0. The van der Waals surface area contributed by atoms with E-state index in [1.54, 1.807) is 0 Å². The normalized spacial score (nSPS) is 15.3. The molecular weight excluding hydrogens is 332 g/mol. The highest BCUT2D eigenvalue weighted by Gasteiger charge is 2.21. The topological polar surface area (TPSA) is 59.8 Å². The number of nitrogens with zero attached hydrogens (tertiary/aromatic N) is 3. The second-order valence-electron chi connectivity index (χ2n) is 6.90. The van der Waals surface area contributed by atoms with Crippen molar-refractivity contribution in [2.24, 2.45) is 0 Å². The van der Waals surface area contributed by atoms with E-state index in [9.17, 15) is 4.79 Å². The second kappa shape index (κ2) is 8.04. The Bertz CT molecular complexity index is 730. The maximum absolute atomic E-state index is 12.3. The Morgan fingerprint density at radius 1 is 1.12 bits per heavy atom. The van der Waals surface area contributed by atoms with Gasteiger partial charge in [-0.1, -0.05) is 37.1 Å². The zero-order valence-electron chi connectivity index (χ0n) is 15.2. The van der Waals surface area contributed by atoms with Crippen LogP contribution in [-0.4, -0.2) is 26.4 Å². The van der Waals surface area contributed by atoms with Gasteiger partial charge in [0.25, 0.3) is 0 Å². The quantitative estimate of drug-likeness (QED) is 0.803. The van der Waals surface area contributed by atoms with Crippen molar-refractivity contribution in [3.05, 3.63) is 35.2 Å². The number of anilines is 1. The number of aryl methyl sites for hydroxylation is 3. The number of hydrogen-bond donors (Lipinski definition) is 1. The fourth-order valence-corrected chi connectivity index (χ4v) is 4.43. The summed E-state index contributed by atoms with van der Waals surface area (Å²) in [5.41, 5.74) is 3.15. The predicted octanol–water partition coefficient (Wildman–Crippen LogP) is 4.44. The molecule has 0 radical (unpaired) electrons. The van der Waals surface area contributed by atoms with E-state index in [0.29, 0.717) is 11.8 Å². The van der Waals surface area contributed by atoms with Crippen LogP contribution in [0, 0.1) is 20.8 Å². The molecule has 134 valence electrons. The first-order valence-corrected chi connectivity index (χ1v) is 9.94. The first-order valence-electron chi connectivity index (χ1n) is 8.95. The van der Waals surface area contributed by atoms with Crippen molar-refractivity contribution in [2.45, 2.75) is 64.1 Å². The number of amides is 1. The summed E-state index contributed by atoms with van der Waals surface area (Å²) in [4.78, 5) is 12.3. The van der Waals surface area contributed by atoms with Crippen LogP contribution < -0.4 is 5.32 Å². The molecule has 1 aliphatic rings. The maximum atomic E-state index is 12.3. The molecule has 1 heterocycles. The third kappa shape index (κ3) is 4.63. The van der Waals surface area contributed by atoms with E-state index >= 15 is 0 Å². The standard InChI is InChI=1S/C19H26N4OS/c1-13-9-14(2)11-16(10-13)20-18(24)12-25-19-22-21-15(3)23(19)17-7-5-4-6-8-17/h9-11,17H,4-8,12H2,1-3H3,(H,20,24). The Kier molecular flexibility index (Phi) is 5.78. The van der Waals surface area contributed by atoms with Crippen LogP contribution in [0.3, 0.4) is 0 Å². The third-order valence-corrected chi connectivity index (χ3v) is 5.56. The number of rotatable bonds is 5. The van der Waals surface area contributed by atoms with Crippen LogP contribution in [0.25, 0.3) is 0 Å². The van der Waals surface area contributed by atoms with Crippen LogP contribution in [0.2, 0.25) is 0 Å². The van der Waals surface area contributed by atoms with Crippen LogP contribution >= 0.6 is 11.8 Å². The highest BCUT2D eigenvalue weighted by atomic mass is 32.2. The minimum Gasteiger partial charge on any atom is -0.325 e. The molecule has 0 unspecified atom stereocenters. The van der Waals surface area contributed by atoms with Crippen molar-refractivity contribution in [3.8, 4) is 0 Å². The van der Waals surface area contributed by atoms with Gasteiger partial charge in [-0.2, -0.15) is 0 Å². The molecule has 25 heavy (non-hydrogen) atoms. The van der Waals surface area contributed by atoms with Crippen molar-refractivity contribution in [3.63, 3.8) is 0 Å². The van der Waals surface area contributed by atoms with Gasteiger partial charge in [-0.15, -0.1) is 10.2 Å². The lowest BCUT2D eigenvalue weighted by molar-refractivity contribution is -0.113. The first kappa shape index (κ1) is 18.0. The van der Waals surface area contributed by atoms with Crippen molar-refractivity contribution in [1.29, 1.82) is 0 Å². The van der Waals surface area contributed by atoms with Gasteiger partial charge in [0.2, 0.25) is 5.91 Å². The molecule has 1 saturated carbocycles. The average Bonchev–Trinajstić information content (AvgIpc) is 2.93. The van der Waals surface area contributed by atoms with Gasteiger partial charge in [0.1, 0.15) is 5.82 Å².